The van der Waals surface area contributed by atoms with Crippen LogP contribution in [0.4, 0.5) is 11.6 Å². The number of methoxy groups -OCH3 is 3. The van der Waals surface area contributed by atoms with Crippen LogP contribution in [-0.2, 0) is 9.59 Å². The molecule has 1 atom stereocenters. The molecule has 32 heavy (non-hydrogen) atoms. The zero-order valence-corrected chi connectivity index (χ0v) is 17.9. The lowest BCUT2D eigenvalue weighted by Gasteiger charge is -2.19. The van der Waals surface area contributed by atoms with Crippen molar-refractivity contribution in [3.63, 3.8) is 0 Å². The number of hydrogen-bond donors (Lipinski definition) is 2. The lowest BCUT2D eigenvalue weighted by Crippen LogP contribution is -2.28. The minimum Gasteiger partial charge on any atom is -0.497 e. The highest BCUT2D eigenvalue weighted by Gasteiger charge is 2.36. The quantitative estimate of drug-likeness (QED) is 0.583. The second-order valence-corrected chi connectivity index (χ2v) is 7.14. The van der Waals surface area contributed by atoms with E-state index in [-0.39, 0.29) is 30.7 Å². The van der Waals surface area contributed by atoms with Crippen molar-refractivity contribution in [1.82, 2.24) is 15.2 Å². The van der Waals surface area contributed by atoms with Crippen LogP contribution in [0.15, 0.2) is 42.5 Å². The van der Waals surface area contributed by atoms with E-state index in [1.54, 1.807) is 56.6 Å². The van der Waals surface area contributed by atoms with E-state index in [0.29, 0.717) is 34.3 Å². The summed E-state index contributed by atoms with van der Waals surface area (Å²) in [6.45, 7) is 0.245. The molecule has 2 aromatic carbocycles. The highest BCUT2D eigenvalue weighted by molar-refractivity contribution is 6.03. The molecule has 0 bridgehead atoms. The predicted molar refractivity (Wildman–Crippen MR) is 117 cm³/mol. The van der Waals surface area contributed by atoms with Gasteiger partial charge in [-0.1, -0.05) is 12.1 Å². The number of rotatable bonds is 7. The maximum absolute atomic E-state index is 12.8. The Hall–Kier alpha value is -4.08. The van der Waals surface area contributed by atoms with Gasteiger partial charge in [-0.25, -0.2) is 0 Å². The van der Waals surface area contributed by atoms with Crippen LogP contribution in [0.5, 0.6) is 17.2 Å². The molecule has 0 spiro atoms. The molecule has 0 aliphatic carbocycles. The molecular weight excluding hydrogens is 414 g/mol. The van der Waals surface area contributed by atoms with Crippen LogP contribution in [0.2, 0.25) is 0 Å². The maximum Gasteiger partial charge on any atom is 0.249 e. The highest BCUT2D eigenvalue weighted by atomic mass is 16.5. The van der Waals surface area contributed by atoms with Crippen LogP contribution in [-0.4, -0.2) is 54.9 Å². The fourth-order valence-corrected chi connectivity index (χ4v) is 3.61. The molecule has 4 rings (SSSR count). The van der Waals surface area contributed by atoms with E-state index in [2.05, 4.69) is 20.5 Å². The summed E-state index contributed by atoms with van der Waals surface area (Å²) in [5.41, 5.74) is 1.31. The number of nitrogens with zero attached hydrogens (tertiary/aromatic N) is 3. The third-order valence-electron chi connectivity index (χ3n) is 5.26. The van der Waals surface area contributed by atoms with Gasteiger partial charge >= 0.3 is 0 Å². The summed E-state index contributed by atoms with van der Waals surface area (Å²) < 4.78 is 15.9. The average Bonchev–Trinajstić information content (AvgIpc) is 3.45. The molecule has 0 saturated carbocycles. The van der Waals surface area contributed by atoms with E-state index < -0.39 is 5.92 Å². The lowest BCUT2D eigenvalue weighted by atomic mass is 10.1. The molecule has 2 heterocycles. The first-order valence-electron chi connectivity index (χ1n) is 9.93. The van der Waals surface area contributed by atoms with Crippen molar-refractivity contribution >= 4 is 23.5 Å². The first-order chi connectivity index (χ1) is 15.5. The molecule has 1 aliphatic heterocycles. The Kier molecular flexibility index (Phi) is 5.93. The van der Waals surface area contributed by atoms with Crippen LogP contribution in [0.1, 0.15) is 6.42 Å². The van der Waals surface area contributed by atoms with E-state index in [9.17, 15) is 9.59 Å². The molecular formula is C22H23N5O5. The number of amides is 2. The number of carbonyl (C=O) groups is 2. The number of benzene rings is 2. The SMILES string of the molecule is COc1ccc(-c2nc(NC(=O)C3CC(=O)N(c4ccccc4OC)C3)n[nH]2)c(OC)c1. The van der Waals surface area contributed by atoms with Gasteiger partial charge in [0.2, 0.25) is 17.8 Å². The molecule has 2 amide bonds. The number of para-hydroxylation sites is 2. The molecule has 10 heteroatoms. The summed E-state index contributed by atoms with van der Waals surface area (Å²) in [6.07, 6.45) is 0.0907. The molecule has 3 aromatic rings. The van der Waals surface area contributed by atoms with E-state index in [1.807, 2.05) is 12.1 Å². The smallest absolute Gasteiger partial charge is 0.249 e. The summed E-state index contributed by atoms with van der Waals surface area (Å²) >= 11 is 0. The minimum absolute atomic E-state index is 0.0907. The topological polar surface area (TPSA) is 119 Å². The zero-order chi connectivity index (χ0) is 22.7. The van der Waals surface area contributed by atoms with Crippen LogP contribution >= 0.6 is 0 Å². The fraction of sp³-hybridized carbons (Fsp3) is 0.273. The Balaban J connectivity index is 1.47. The van der Waals surface area contributed by atoms with Crippen molar-refractivity contribution in [2.24, 2.45) is 5.92 Å². The van der Waals surface area contributed by atoms with Gasteiger partial charge in [0.05, 0.1) is 38.5 Å². The summed E-state index contributed by atoms with van der Waals surface area (Å²) in [7, 11) is 4.66. The summed E-state index contributed by atoms with van der Waals surface area (Å²) in [5, 5.41) is 9.56. The van der Waals surface area contributed by atoms with Crippen molar-refractivity contribution in [2.75, 3.05) is 38.1 Å². The van der Waals surface area contributed by atoms with Crippen LogP contribution in [0.3, 0.4) is 0 Å². The van der Waals surface area contributed by atoms with Gasteiger partial charge in [-0.15, -0.1) is 5.10 Å². The average molecular weight is 437 g/mol. The maximum atomic E-state index is 12.8. The zero-order valence-electron chi connectivity index (χ0n) is 17.9. The Morgan fingerprint density at radius 3 is 2.62 bits per heavy atom. The first-order valence-corrected chi connectivity index (χ1v) is 9.93. The van der Waals surface area contributed by atoms with Crippen molar-refractivity contribution in [2.45, 2.75) is 6.42 Å². The number of nitrogens with one attached hydrogen (secondary N) is 2. The van der Waals surface area contributed by atoms with Gasteiger partial charge in [-0.05, 0) is 24.3 Å². The predicted octanol–water partition coefficient (Wildman–Crippen LogP) is 2.49. The van der Waals surface area contributed by atoms with E-state index >= 15 is 0 Å². The van der Waals surface area contributed by atoms with E-state index in [4.69, 9.17) is 14.2 Å². The Labute approximate surface area is 184 Å². The van der Waals surface area contributed by atoms with Crippen LogP contribution < -0.4 is 24.4 Å². The number of H-pyrrole nitrogens is 1. The van der Waals surface area contributed by atoms with Gasteiger partial charge in [0.15, 0.2) is 5.82 Å². The number of carbonyl (C=O) groups excluding carboxylic acids is 2. The second kappa shape index (κ2) is 8.96. The normalized spacial score (nSPS) is 15.5. The third kappa shape index (κ3) is 4.07. The molecule has 1 aromatic heterocycles. The molecule has 10 nitrogen and oxygen atoms in total. The number of hydrogen-bond acceptors (Lipinski definition) is 7. The van der Waals surface area contributed by atoms with Crippen molar-refractivity contribution in [3.8, 4) is 28.6 Å². The third-order valence-corrected chi connectivity index (χ3v) is 5.26. The van der Waals surface area contributed by atoms with Crippen LogP contribution in [0, 0.1) is 5.92 Å². The summed E-state index contributed by atoms with van der Waals surface area (Å²) in [4.78, 5) is 31.2. The molecule has 1 saturated heterocycles. The molecule has 166 valence electrons. The number of aromatic nitrogens is 3. The van der Waals surface area contributed by atoms with Crippen molar-refractivity contribution in [1.29, 1.82) is 0 Å². The van der Waals surface area contributed by atoms with Gasteiger partial charge in [0.25, 0.3) is 0 Å². The Morgan fingerprint density at radius 2 is 1.88 bits per heavy atom. The summed E-state index contributed by atoms with van der Waals surface area (Å²) in [5.74, 6) is 1.30. The standard InChI is InChI=1S/C22H23N5O5/c1-30-14-8-9-15(18(11-14)32-3)20-23-22(26-25-20)24-21(29)13-10-19(28)27(12-13)16-6-4-5-7-17(16)31-2/h4-9,11,13H,10,12H2,1-3H3,(H2,23,24,25,26,29). The van der Waals surface area contributed by atoms with Gasteiger partial charge in [0.1, 0.15) is 17.2 Å². The van der Waals surface area contributed by atoms with Gasteiger partial charge in [-0.3, -0.25) is 20.0 Å². The molecule has 0 radical (unpaired) electrons. The first kappa shape index (κ1) is 21.2. The van der Waals surface area contributed by atoms with Crippen molar-refractivity contribution < 1.29 is 23.8 Å². The molecule has 2 N–H and O–H groups in total. The molecule has 1 unspecified atom stereocenters. The fourth-order valence-electron chi connectivity index (χ4n) is 3.61. The largest absolute Gasteiger partial charge is 0.497 e. The monoisotopic (exact) mass is 437 g/mol. The van der Waals surface area contributed by atoms with Crippen molar-refractivity contribution in [3.05, 3.63) is 42.5 Å². The number of aromatic amines is 1. The second-order valence-electron chi connectivity index (χ2n) is 7.14. The van der Waals surface area contributed by atoms with Gasteiger partial charge in [0, 0.05) is 19.0 Å². The Bertz CT molecular complexity index is 1150. The summed E-state index contributed by atoms with van der Waals surface area (Å²) in [6, 6.07) is 12.5. The highest BCUT2D eigenvalue weighted by Crippen LogP contribution is 2.34. The van der Waals surface area contributed by atoms with E-state index in [1.165, 1.54) is 0 Å². The molecule has 1 aliphatic rings. The Morgan fingerprint density at radius 1 is 1.09 bits per heavy atom. The lowest BCUT2D eigenvalue weighted by molar-refractivity contribution is -0.122. The molecule has 1 fully saturated rings. The van der Waals surface area contributed by atoms with Gasteiger partial charge in [-0.2, -0.15) is 4.98 Å². The number of anilines is 2. The van der Waals surface area contributed by atoms with Gasteiger partial charge < -0.3 is 19.1 Å². The van der Waals surface area contributed by atoms with Crippen LogP contribution in [0.25, 0.3) is 11.4 Å². The van der Waals surface area contributed by atoms with E-state index in [0.717, 1.165) is 0 Å². The number of ether oxygens (including phenoxy) is 3. The minimum atomic E-state index is -0.537.